The Labute approximate surface area is 86.9 Å². The van der Waals surface area contributed by atoms with Gasteiger partial charge in [0, 0.05) is 32.1 Å². The molecule has 1 fully saturated rings. The quantitative estimate of drug-likeness (QED) is 0.740. The number of nitrogens with one attached hydrogen (secondary N) is 1. The number of likely N-dealkylation sites (tertiary alicyclic amines) is 1. The molecule has 0 spiro atoms. The monoisotopic (exact) mass is 198 g/mol. The number of carbonyl (C=O) groups is 1. The third-order valence-electron chi connectivity index (χ3n) is 3.08. The molecule has 0 bridgehead atoms. The number of hydrogen-bond acceptors (Lipinski definition) is 2. The van der Waals surface area contributed by atoms with Crippen LogP contribution in [-0.4, -0.2) is 36.5 Å². The van der Waals surface area contributed by atoms with Crippen LogP contribution in [-0.2, 0) is 4.79 Å². The fourth-order valence-electron chi connectivity index (χ4n) is 2.01. The highest BCUT2D eigenvalue weighted by molar-refractivity contribution is 5.76. The van der Waals surface area contributed by atoms with Gasteiger partial charge in [0.05, 0.1) is 0 Å². The summed E-state index contributed by atoms with van der Waals surface area (Å²) in [7, 11) is 1.89. The highest BCUT2D eigenvalue weighted by Gasteiger charge is 2.23. The summed E-state index contributed by atoms with van der Waals surface area (Å²) in [5.41, 5.74) is 0. The molecule has 1 unspecified atom stereocenters. The van der Waals surface area contributed by atoms with Crippen molar-refractivity contribution in [1.29, 1.82) is 0 Å². The molecule has 1 N–H and O–H groups in total. The van der Waals surface area contributed by atoms with Gasteiger partial charge in [0.25, 0.3) is 0 Å². The molecule has 14 heavy (non-hydrogen) atoms. The van der Waals surface area contributed by atoms with Crippen molar-refractivity contribution in [2.75, 3.05) is 13.6 Å². The number of rotatable bonds is 4. The minimum atomic E-state index is 0.285. The molecule has 3 heteroatoms. The van der Waals surface area contributed by atoms with Crippen LogP contribution in [0.4, 0.5) is 0 Å². The predicted molar refractivity (Wildman–Crippen MR) is 58.2 cm³/mol. The SMILES string of the molecule is CCC(CC)NC1CCC(=O)N(C)C1. The molecule has 1 aliphatic heterocycles. The Morgan fingerprint density at radius 2 is 2.14 bits per heavy atom. The van der Waals surface area contributed by atoms with Crippen molar-refractivity contribution < 1.29 is 4.79 Å². The molecule has 1 atom stereocenters. The van der Waals surface area contributed by atoms with Crippen LogP contribution >= 0.6 is 0 Å². The standard InChI is InChI=1S/C11H22N2O/c1-4-9(5-2)12-10-6-7-11(14)13(3)8-10/h9-10,12H,4-8H2,1-3H3. The molecule has 1 saturated heterocycles. The first kappa shape index (κ1) is 11.5. The largest absolute Gasteiger partial charge is 0.344 e. The van der Waals surface area contributed by atoms with E-state index in [-0.39, 0.29) is 5.91 Å². The number of carbonyl (C=O) groups excluding carboxylic acids is 1. The zero-order chi connectivity index (χ0) is 10.6. The lowest BCUT2D eigenvalue weighted by atomic mass is 10.0. The zero-order valence-electron chi connectivity index (χ0n) is 9.55. The summed E-state index contributed by atoms with van der Waals surface area (Å²) in [4.78, 5) is 13.1. The first-order valence-electron chi connectivity index (χ1n) is 5.67. The molecule has 3 nitrogen and oxygen atoms in total. The van der Waals surface area contributed by atoms with Gasteiger partial charge in [-0.1, -0.05) is 13.8 Å². The van der Waals surface area contributed by atoms with Crippen LogP contribution in [0.1, 0.15) is 39.5 Å². The first-order chi connectivity index (χ1) is 6.67. The van der Waals surface area contributed by atoms with E-state index in [0.29, 0.717) is 18.5 Å². The lowest BCUT2D eigenvalue weighted by molar-refractivity contribution is -0.132. The maximum absolute atomic E-state index is 11.3. The summed E-state index contributed by atoms with van der Waals surface area (Å²) in [6, 6.07) is 1.12. The van der Waals surface area contributed by atoms with E-state index in [1.54, 1.807) is 0 Å². The minimum absolute atomic E-state index is 0.285. The smallest absolute Gasteiger partial charge is 0.222 e. The van der Waals surface area contributed by atoms with E-state index in [1.165, 1.54) is 12.8 Å². The van der Waals surface area contributed by atoms with Gasteiger partial charge in [-0.05, 0) is 19.3 Å². The van der Waals surface area contributed by atoms with Crippen molar-refractivity contribution in [3.8, 4) is 0 Å². The molecule has 1 rings (SSSR count). The van der Waals surface area contributed by atoms with Gasteiger partial charge >= 0.3 is 0 Å². The van der Waals surface area contributed by atoms with Crippen molar-refractivity contribution in [1.82, 2.24) is 10.2 Å². The Hall–Kier alpha value is -0.570. The van der Waals surface area contributed by atoms with Crippen LogP contribution in [0.15, 0.2) is 0 Å². The average Bonchev–Trinajstić information content (AvgIpc) is 2.19. The maximum atomic E-state index is 11.3. The van der Waals surface area contributed by atoms with Crippen molar-refractivity contribution in [3.05, 3.63) is 0 Å². The van der Waals surface area contributed by atoms with Gasteiger partial charge in [-0.25, -0.2) is 0 Å². The number of nitrogens with zero attached hydrogens (tertiary/aromatic N) is 1. The Balaban J connectivity index is 2.35. The molecule has 1 aliphatic rings. The van der Waals surface area contributed by atoms with E-state index in [1.807, 2.05) is 11.9 Å². The van der Waals surface area contributed by atoms with Gasteiger partial charge in [0.15, 0.2) is 0 Å². The summed E-state index contributed by atoms with van der Waals surface area (Å²) in [6.07, 6.45) is 4.04. The van der Waals surface area contributed by atoms with Crippen LogP contribution in [0.3, 0.4) is 0 Å². The topological polar surface area (TPSA) is 32.3 Å². The van der Waals surface area contributed by atoms with E-state index in [0.717, 1.165) is 13.0 Å². The molecule has 0 aliphatic carbocycles. The van der Waals surface area contributed by atoms with Crippen molar-refractivity contribution in [2.24, 2.45) is 0 Å². The molecule has 0 saturated carbocycles. The van der Waals surface area contributed by atoms with E-state index in [2.05, 4.69) is 19.2 Å². The molecular weight excluding hydrogens is 176 g/mol. The lowest BCUT2D eigenvalue weighted by Crippen LogP contribution is -2.49. The van der Waals surface area contributed by atoms with E-state index in [4.69, 9.17) is 0 Å². The zero-order valence-corrected chi connectivity index (χ0v) is 9.55. The van der Waals surface area contributed by atoms with Gasteiger partial charge in [-0.2, -0.15) is 0 Å². The second-order valence-electron chi connectivity index (χ2n) is 4.19. The van der Waals surface area contributed by atoms with Crippen molar-refractivity contribution >= 4 is 5.91 Å². The number of amides is 1. The summed E-state index contributed by atoms with van der Waals surface area (Å²) >= 11 is 0. The third-order valence-corrected chi connectivity index (χ3v) is 3.08. The van der Waals surface area contributed by atoms with Crippen molar-refractivity contribution in [3.63, 3.8) is 0 Å². The summed E-state index contributed by atoms with van der Waals surface area (Å²) in [5.74, 6) is 0.285. The molecule has 0 radical (unpaired) electrons. The fourth-order valence-corrected chi connectivity index (χ4v) is 2.01. The van der Waals surface area contributed by atoms with E-state index >= 15 is 0 Å². The number of likely N-dealkylation sites (N-methyl/N-ethyl adjacent to an activating group) is 1. The maximum Gasteiger partial charge on any atom is 0.222 e. The van der Waals surface area contributed by atoms with Gasteiger partial charge in [0.2, 0.25) is 5.91 Å². The normalized spacial score (nSPS) is 23.3. The Morgan fingerprint density at radius 3 is 2.64 bits per heavy atom. The Kier molecular flexibility index (Phi) is 4.39. The Morgan fingerprint density at radius 1 is 1.50 bits per heavy atom. The van der Waals surface area contributed by atoms with Gasteiger partial charge in [-0.3, -0.25) is 4.79 Å². The second kappa shape index (κ2) is 5.35. The van der Waals surface area contributed by atoms with Crippen LogP contribution in [0.5, 0.6) is 0 Å². The van der Waals surface area contributed by atoms with Gasteiger partial charge in [0.1, 0.15) is 0 Å². The summed E-state index contributed by atoms with van der Waals surface area (Å²) in [6.45, 7) is 5.28. The van der Waals surface area contributed by atoms with Gasteiger partial charge in [-0.15, -0.1) is 0 Å². The van der Waals surface area contributed by atoms with E-state index < -0.39 is 0 Å². The van der Waals surface area contributed by atoms with Crippen molar-refractivity contribution in [2.45, 2.75) is 51.6 Å². The molecule has 1 amide bonds. The highest BCUT2D eigenvalue weighted by Crippen LogP contribution is 2.11. The highest BCUT2D eigenvalue weighted by atomic mass is 16.2. The van der Waals surface area contributed by atoms with E-state index in [9.17, 15) is 4.79 Å². The summed E-state index contributed by atoms with van der Waals surface area (Å²) < 4.78 is 0. The first-order valence-corrected chi connectivity index (χ1v) is 5.67. The summed E-state index contributed by atoms with van der Waals surface area (Å²) in [5, 5.41) is 3.61. The molecule has 0 aromatic carbocycles. The number of hydrogen-bond donors (Lipinski definition) is 1. The molecule has 1 heterocycles. The Bertz CT molecular complexity index is 190. The number of piperidine rings is 1. The van der Waals surface area contributed by atoms with Gasteiger partial charge < -0.3 is 10.2 Å². The molecule has 82 valence electrons. The third kappa shape index (κ3) is 2.98. The molecular formula is C11H22N2O. The predicted octanol–water partition coefficient (Wildman–Crippen LogP) is 1.39. The van der Waals surface area contributed by atoms with Crippen LogP contribution < -0.4 is 5.32 Å². The van der Waals surface area contributed by atoms with Crippen LogP contribution in [0.2, 0.25) is 0 Å². The minimum Gasteiger partial charge on any atom is -0.344 e. The average molecular weight is 198 g/mol. The molecule has 0 aromatic rings. The van der Waals surface area contributed by atoms with Crippen LogP contribution in [0.25, 0.3) is 0 Å². The van der Waals surface area contributed by atoms with Crippen LogP contribution in [0, 0.1) is 0 Å². The fraction of sp³-hybridized carbons (Fsp3) is 0.909. The lowest BCUT2D eigenvalue weighted by Gasteiger charge is -2.32. The molecule has 0 aromatic heterocycles. The second-order valence-corrected chi connectivity index (χ2v) is 4.19.